The summed E-state index contributed by atoms with van der Waals surface area (Å²) in [5.74, 6) is -0.470. The molecule has 1 aliphatic heterocycles. The maximum atomic E-state index is 12.9. The molecule has 0 bridgehead atoms. The molecule has 26 heavy (non-hydrogen) atoms. The first-order valence-electron chi connectivity index (χ1n) is 7.89. The van der Waals surface area contributed by atoms with Crippen molar-refractivity contribution in [2.24, 2.45) is 0 Å². The van der Waals surface area contributed by atoms with Crippen LogP contribution in [0.2, 0.25) is 0 Å². The van der Waals surface area contributed by atoms with Crippen LogP contribution in [0, 0.1) is 6.92 Å². The van der Waals surface area contributed by atoms with E-state index in [1.54, 1.807) is 28.6 Å². The minimum Gasteiger partial charge on any atom is -0.468 e. The van der Waals surface area contributed by atoms with Crippen molar-refractivity contribution in [3.05, 3.63) is 59.7 Å². The van der Waals surface area contributed by atoms with Gasteiger partial charge in [0.25, 0.3) is 0 Å². The summed E-state index contributed by atoms with van der Waals surface area (Å²) in [6.45, 7) is 1.94. The highest BCUT2D eigenvalue weighted by Gasteiger charge is 2.58. The van der Waals surface area contributed by atoms with E-state index >= 15 is 0 Å². The molecule has 3 rings (SSSR count). The standard InChI is InChI=1S/C18H19NO5S2/c1-12-4-8-14(9-5-12)25(21)19-16(17(19)18(20)24-2)13-6-10-15(11-7-13)26(3,22)23/h4-11,16-17H,1-3H3/t16-,17+,19?,25?/m1/s1. The van der Waals surface area contributed by atoms with Crippen LogP contribution in [0.1, 0.15) is 17.2 Å². The van der Waals surface area contributed by atoms with E-state index in [1.807, 2.05) is 19.1 Å². The fourth-order valence-electron chi connectivity index (χ4n) is 2.79. The molecule has 4 atom stereocenters. The Hall–Kier alpha value is -2.03. The Balaban J connectivity index is 1.90. The Bertz CT molecular complexity index is 952. The lowest BCUT2D eigenvalue weighted by Gasteiger charge is -2.05. The van der Waals surface area contributed by atoms with Crippen LogP contribution in [-0.2, 0) is 30.4 Å². The third-order valence-corrected chi connectivity index (χ3v) is 6.91. The molecule has 8 heteroatoms. The number of rotatable bonds is 5. The summed E-state index contributed by atoms with van der Waals surface area (Å²) in [6, 6.07) is 12.4. The summed E-state index contributed by atoms with van der Waals surface area (Å²) < 4.78 is 42.5. The predicted octanol–water partition coefficient (Wildman–Crippen LogP) is 2.02. The Morgan fingerprint density at radius 1 is 1.08 bits per heavy atom. The lowest BCUT2D eigenvalue weighted by Crippen LogP contribution is -2.16. The number of sulfone groups is 1. The highest BCUT2D eigenvalue weighted by Crippen LogP contribution is 2.46. The van der Waals surface area contributed by atoms with E-state index in [1.165, 1.54) is 19.2 Å². The van der Waals surface area contributed by atoms with Crippen LogP contribution in [0.4, 0.5) is 0 Å². The van der Waals surface area contributed by atoms with Gasteiger partial charge in [-0.1, -0.05) is 29.8 Å². The predicted molar refractivity (Wildman–Crippen MR) is 97.5 cm³/mol. The average molecular weight is 393 g/mol. The van der Waals surface area contributed by atoms with Gasteiger partial charge in [-0.05, 0) is 36.8 Å². The summed E-state index contributed by atoms with van der Waals surface area (Å²) in [7, 11) is -3.54. The molecule has 0 radical (unpaired) electrons. The van der Waals surface area contributed by atoms with Crippen LogP contribution >= 0.6 is 0 Å². The number of hydrogen-bond donors (Lipinski definition) is 0. The zero-order valence-electron chi connectivity index (χ0n) is 14.6. The molecule has 1 saturated heterocycles. The van der Waals surface area contributed by atoms with Crippen molar-refractivity contribution in [3.8, 4) is 0 Å². The summed E-state index contributed by atoms with van der Waals surface area (Å²) in [6.07, 6.45) is 1.13. The van der Waals surface area contributed by atoms with E-state index in [9.17, 15) is 17.4 Å². The Kier molecular flexibility index (Phi) is 5.01. The number of benzene rings is 2. The molecule has 0 saturated carbocycles. The summed E-state index contributed by atoms with van der Waals surface area (Å²) in [5.41, 5.74) is 1.77. The zero-order valence-corrected chi connectivity index (χ0v) is 16.2. The molecule has 138 valence electrons. The van der Waals surface area contributed by atoms with Crippen LogP contribution in [0.25, 0.3) is 0 Å². The highest BCUT2D eigenvalue weighted by molar-refractivity contribution is 7.90. The molecule has 1 aliphatic rings. The largest absolute Gasteiger partial charge is 0.468 e. The van der Waals surface area contributed by atoms with Gasteiger partial charge in [0.2, 0.25) is 0 Å². The molecule has 2 aromatic carbocycles. The van der Waals surface area contributed by atoms with Gasteiger partial charge in [0.1, 0.15) is 17.0 Å². The monoisotopic (exact) mass is 393 g/mol. The van der Waals surface area contributed by atoms with E-state index in [4.69, 9.17) is 4.74 Å². The third kappa shape index (κ3) is 3.58. The van der Waals surface area contributed by atoms with Crippen LogP contribution in [0.15, 0.2) is 58.3 Å². The maximum Gasteiger partial charge on any atom is 0.326 e. The SMILES string of the molecule is COC(=O)[C@@H]1[C@@H](c2ccc(S(C)(=O)=O)cc2)N1S(=O)c1ccc(C)cc1. The second-order valence-electron chi connectivity index (χ2n) is 6.18. The van der Waals surface area contributed by atoms with E-state index in [2.05, 4.69) is 0 Å². The van der Waals surface area contributed by atoms with Gasteiger partial charge >= 0.3 is 5.97 Å². The first-order valence-corrected chi connectivity index (χ1v) is 10.9. The number of nitrogens with zero attached hydrogens (tertiary/aromatic N) is 1. The molecule has 1 fully saturated rings. The average Bonchev–Trinajstić information content (AvgIpc) is 3.36. The van der Waals surface area contributed by atoms with Gasteiger partial charge in [-0.15, -0.1) is 0 Å². The lowest BCUT2D eigenvalue weighted by molar-refractivity contribution is -0.140. The van der Waals surface area contributed by atoms with Crippen molar-refractivity contribution in [2.75, 3.05) is 13.4 Å². The summed E-state index contributed by atoms with van der Waals surface area (Å²) >= 11 is 0. The first-order chi connectivity index (χ1) is 12.2. The summed E-state index contributed by atoms with van der Waals surface area (Å²) in [4.78, 5) is 12.9. The van der Waals surface area contributed by atoms with Crippen molar-refractivity contribution in [2.45, 2.75) is 28.8 Å². The Labute approximate surface area is 155 Å². The van der Waals surface area contributed by atoms with E-state index < -0.39 is 38.9 Å². The smallest absolute Gasteiger partial charge is 0.326 e. The molecule has 6 nitrogen and oxygen atoms in total. The molecule has 0 amide bonds. The first kappa shape index (κ1) is 18.8. The fourth-order valence-corrected chi connectivity index (χ4v) is 4.83. The van der Waals surface area contributed by atoms with Crippen LogP contribution in [0.5, 0.6) is 0 Å². The molecular weight excluding hydrogens is 374 g/mol. The van der Waals surface area contributed by atoms with E-state index in [-0.39, 0.29) is 4.90 Å². The van der Waals surface area contributed by atoms with Crippen molar-refractivity contribution in [3.63, 3.8) is 0 Å². The fraction of sp³-hybridized carbons (Fsp3) is 0.278. The molecule has 0 N–H and O–H groups in total. The minimum absolute atomic E-state index is 0.197. The van der Waals surface area contributed by atoms with E-state index in [0.717, 1.165) is 11.8 Å². The molecule has 0 aromatic heterocycles. The van der Waals surface area contributed by atoms with Gasteiger partial charge in [0, 0.05) is 6.26 Å². The van der Waals surface area contributed by atoms with Crippen LogP contribution in [0.3, 0.4) is 0 Å². The number of carbonyl (C=O) groups is 1. The Morgan fingerprint density at radius 2 is 1.65 bits per heavy atom. The molecule has 0 aliphatic carbocycles. The number of aryl methyl sites for hydroxylation is 1. The second-order valence-corrected chi connectivity index (χ2v) is 9.58. The van der Waals surface area contributed by atoms with Crippen molar-refractivity contribution >= 4 is 26.8 Å². The molecule has 1 heterocycles. The van der Waals surface area contributed by atoms with Crippen molar-refractivity contribution in [1.82, 2.24) is 4.31 Å². The van der Waals surface area contributed by atoms with Gasteiger partial charge in [0.15, 0.2) is 9.84 Å². The highest BCUT2D eigenvalue weighted by atomic mass is 32.2. The molecule has 0 spiro atoms. The summed E-state index contributed by atoms with van der Waals surface area (Å²) in [5, 5.41) is 0. The number of esters is 1. The maximum absolute atomic E-state index is 12.9. The van der Waals surface area contributed by atoms with Crippen molar-refractivity contribution < 1.29 is 22.2 Å². The van der Waals surface area contributed by atoms with Gasteiger partial charge in [-0.3, -0.25) is 4.79 Å². The quantitative estimate of drug-likeness (QED) is 0.573. The van der Waals surface area contributed by atoms with Gasteiger partial charge in [-0.2, -0.15) is 4.31 Å². The Morgan fingerprint density at radius 3 is 2.15 bits per heavy atom. The van der Waals surface area contributed by atoms with Gasteiger partial charge in [-0.25, -0.2) is 12.6 Å². The minimum atomic E-state index is -3.30. The molecule has 2 unspecified atom stereocenters. The third-order valence-electron chi connectivity index (χ3n) is 4.26. The topological polar surface area (TPSA) is 80.5 Å². The normalized spacial score (nSPS) is 23.3. The second kappa shape index (κ2) is 6.94. The molecular formula is C18H19NO5S2. The van der Waals surface area contributed by atoms with Crippen molar-refractivity contribution in [1.29, 1.82) is 0 Å². The molecule has 2 aromatic rings. The number of ether oxygens (including phenoxy) is 1. The van der Waals surface area contributed by atoms with Gasteiger partial charge < -0.3 is 4.74 Å². The number of hydrogen-bond acceptors (Lipinski definition) is 5. The van der Waals surface area contributed by atoms with E-state index in [0.29, 0.717) is 10.5 Å². The van der Waals surface area contributed by atoms with Crippen LogP contribution < -0.4 is 0 Å². The zero-order chi connectivity index (χ0) is 19.1. The number of methoxy groups -OCH3 is 1. The van der Waals surface area contributed by atoms with Crippen LogP contribution in [-0.4, -0.2) is 42.3 Å². The van der Waals surface area contributed by atoms with Gasteiger partial charge in [0.05, 0.1) is 22.9 Å². The number of carbonyl (C=O) groups excluding carboxylic acids is 1. The lowest BCUT2D eigenvalue weighted by atomic mass is 10.1.